The SMILES string of the molecule is CCCCCCCCCCCCc1ccc(-c2ccc3c(ccc4c5ccc(-c6ccc(CCCCCCCCCCCC)cc6)cc5ccc34)c2)cc1. The Hall–Kier alpha value is -3.90. The Morgan fingerprint density at radius 1 is 0.259 bits per heavy atom. The first kappa shape index (κ1) is 39.8. The quantitative estimate of drug-likeness (QED) is 0.0432. The second-order valence-electron chi connectivity index (χ2n) is 16.4. The molecule has 6 aromatic rings. The summed E-state index contributed by atoms with van der Waals surface area (Å²) >= 11 is 0. The molecule has 0 N–H and O–H groups in total. The zero-order chi connectivity index (χ0) is 37.2. The maximum atomic E-state index is 2.37. The van der Waals surface area contributed by atoms with Crippen LogP contribution in [-0.4, -0.2) is 0 Å². The smallest absolute Gasteiger partial charge is 0.00990 e. The summed E-state index contributed by atoms with van der Waals surface area (Å²) in [4.78, 5) is 0. The van der Waals surface area contributed by atoms with E-state index in [1.54, 1.807) is 0 Å². The van der Waals surface area contributed by atoms with Crippen molar-refractivity contribution in [3.8, 4) is 22.3 Å². The largest absolute Gasteiger partial charge is 0.0654 e. The Morgan fingerprint density at radius 2 is 0.556 bits per heavy atom. The van der Waals surface area contributed by atoms with Crippen molar-refractivity contribution in [2.75, 3.05) is 0 Å². The van der Waals surface area contributed by atoms with Crippen molar-refractivity contribution in [3.63, 3.8) is 0 Å². The van der Waals surface area contributed by atoms with E-state index >= 15 is 0 Å². The Labute approximate surface area is 328 Å². The minimum Gasteiger partial charge on any atom is -0.0654 e. The van der Waals surface area contributed by atoms with E-state index in [9.17, 15) is 0 Å². The fourth-order valence-electron chi connectivity index (χ4n) is 8.61. The van der Waals surface area contributed by atoms with Crippen LogP contribution in [0, 0.1) is 0 Å². The fraction of sp³-hybridized carbons (Fsp3) is 0.444. The number of unbranched alkanes of at least 4 members (excludes halogenated alkanes) is 18. The van der Waals surface area contributed by atoms with Crippen molar-refractivity contribution >= 4 is 32.3 Å². The van der Waals surface area contributed by atoms with Crippen LogP contribution in [-0.2, 0) is 12.8 Å². The van der Waals surface area contributed by atoms with Crippen molar-refractivity contribution in [2.24, 2.45) is 0 Å². The molecular weight excluding hydrogens is 649 g/mol. The Morgan fingerprint density at radius 3 is 0.907 bits per heavy atom. The van der Waals surface area contributed by atoms with E-state index in [0.717, 1.165) is 0 Å². The van der Waals surface area contributed by atoms with Crippen LogP contribution in [0.2, 0.25) is 0 Å². The molecule has 284 valence electrons. The summed E-state index contributed by atoms with van der Waals surface area (Å²) in [5.41, 5.74) is 8.15. The van der Waals surface area contributed by atoms with Gasteiger partial charge < -0.3 is 0 Å². The van der Waals surface area contributed by atoms with E-state index in [1.165, 1.54) is 207 Å². The van der Waals surface area contributed by atoms with Gasteiger partial charge >= 0.3 is 0 Å². The van der Waals surface area contributed by atoms with Gasteiger partial charge in [0.05, 0.1) is 0 Å². The molecule has 0 heteroatoms. The highest BCUT2D eigenvalue weighted by molar-refractivity contribution is 6.18. The van der Waals surface area contributed by atoms with Crippen LogP contribution < -0.4 is 0 Å². The van der Waals surface area contributed by atoms with Crippen molar-refractivity contribution in [3.05, 3.63) is 120 Å². The molecule has 0 unspecified atom stereocenters. The lowest BCUT2D eigenvalue weighted by Crippen LogP contribution is -1.88. The monoisotopic (exact) mass is 717 g/mol. The molecule has 0 nitrogen and oxygen atoms in total. The van der Waals surface area contributed by atoms with Crippen molar-refractivity contribution in [1.82, 2.24) is 0 Å². The van der Waals surface area contributed by atoms with Gasteiger partial charge in [-0.2, -0.15) is 0 Å². The molecule has 0 amide bonds. The third-order valence-electron chi connectivity index (χ3n) is 12.0. The molecular formula is C54H68. The standard InChI is InChI=1S/C54H68/c1-3-5-7-9-11-13-15-17-19-21-23-43-25-29-45(30-26-43)47-33-37-51-49(41-47)35-39-54-52-38-34-48(42-50(52)36-40-53(51)54)46-31-27-44(28-32-46)24-22-20-18-16-14-12-10-8-6-4-2/h25-42H,3-24H2,1-2H3. The predicted molar refractivity (Wildman–Crippen MR) is 241 cm³/mol. The molecule has 0 aliphatic heterocycles. The van der Waals surface area contributed by atoms with Gasteiger partial charge in [0.25, 0.3) is 0 Å². The van der Waals surface area contributed by atoms with Gasteiger partial charge in [-0.15, -0.1) is 0 Å². The van der Waals surface area contributed by atoms with Crippen LogP contribution in [0.25, 0.3) is 54.6 Å². The minimum atomic E-state index is 1.20. The molecule has 0 heterocycles. The molecule has 6 aromatic carbocycles. The van der Waals surface area contributed by atoms with Gasteiger partial charge in [-0.25, -0.2) is 0 Å². The molecule has 0 saturated heterocycles. The first-order chi connectivity index (χ1) is 26.7. The third-order valence-corrected chi connectivity index (χ3v) is 12.0. The topological polar surface area (TPSA) is 0 Å². The highest BCUT2D eigenvalue weighted by atomic mass is 14.1. The molecule has 6 rings (SSSR count). The van der Waals surface area contributed by atoms with Crippen LogP contribution in [0.3, 0.4) is 0 Å². The average Bonchev–Trinajstić information content (AvgIpc) is 3.22. The molecule has 0 aromatic heterocycles. The van der Waals surface area contributed by atoms with E-state index in [2.05, 4.69) is 123 Å². The van der Waals surface area contributed by atoms with Crippen molar-refractivity contribution < 1.29 is 0 Å². The highest BCUT2D eigenvalue weighted by Gasteiger charge is 2.09. The summed E-state index contributed by atoms with van der Waals surface area (Å²) in [7, 11) is 0. The maximum Gasteiger partial charge on any atom is -0.00990 e. The Kier molecular flexibility index (Phi) is 16.1. The lowest BCUT2D eigenvalue weighted by molar-refractivity contribution is 0.556. The van der Waals surface area contributed by atoms with Gasteiger partial charge in [0.15, 0.2) is 0 Å². The number of rotatable bonds is 24. The Bertz CT molecular complexity index is 1830. The van der Waals surface area contributed by atoms with Gasteiger partial charge in [0, 0.05) is 0 Å². The van der Waals surface area contributed by atoms with Crippen molar-refractivity contribution in [1.29, 1.82) is 0 Å². The predicted octanol–water partition coefficient (Wildman–Crippen LogP) is 17.4. The zero-order valence-corrected chi connectivity index (χ0v) is 33.9. The maximum absolute atomic E-state index is 2.37. The number of aryl methyl sites for hydroxylation is 2. The second kappa shape index (κ2) is 21.9. The van der Waals surface area contributed by atoms with Crippen LogP contribution >= 0.6 is 0 Å². The lowest BCUT2D eigenvalue weighted by atomic mass is 9.93. The van der Waals surface area contributed by atoms with Gasteiger partial charge in [-0.1, -0.05) is 226 Å². The summed E-state index contributed by atoms with van der Waals surface area (Å²) in [5, 5.41) is 7.95. The van der Waals surface area contributed by atoms with E-state index in [0.29, 0.717) is 0 Å². The molecule has 0 radical (unpaired) electrons. The summed E-state index contributed by atoms with van der Waals surface area (Å²) in [6.07, 6.45) is 30.3. The number of hydrogen-bond donors (Lipinski definition) is 0. The average molecular weight is 717 g/mol. The fourth-order valence-corrected chi connectivity index (χ4v) is 8.61. The van der Waals surface area contributed by atoms with E-state index < -0.39 is 0 Å². The zero-order valence-electron chi connectivity index (χ0n) is 33.9. The first-order valence-corrected chi connectivity index (χ1v) is 22.3. The van der Waals surface area contributed by atoms with Crippen LogP contribution in [0.4, 0.5) is 0 Å². The molecule has 0 fully saturated rings. The summed E-state index contributed by atoms with van der Waals surface area (Å²) in [6.45, 7) is 4.59. The van der Waals surface area contributed by atoms with Gasteiger partial charge in [-0.05, 0) is 104 Å². The number of hydrogen-bond acceptors (Lipinski definition) is 0. The molecule has 54 heavy (non-hydrogen) atoms. The van der Waals surface area contributed by atoms with Crippen LogP contribution in [0.5, 0.6) is 0 Å². The molecule has 0 saturated carbocycles. The summed E-state index contributed by atoms with van der Waals surface area (Å²) in [6, 6.07) is 42.0. The van der Waals surface area contributed by atoms with Crippen LogP contribution in [0.15, 0.2) is 109 Å². The van der Waals surface area contributed by atoms with Gasteiger partial charge in [0.1, 0.15) is 0 Å². The molecule has 0 aliphatic carbocycles. The van der Waals surface area contributed by atoms with Crippen LogP contribution in [0.1, 0.15) is 153 Å². The minimum absolute atomic E-state index is 1.20. The van der Waals surface area contributed by atoms with Gasteiger partial charge in [0.2, 0.25) is 0 Å². The number of benzene rings is 6. The lowest BCUT2D eigenvalue weighted by Gasteiger charge is -2.11. The second-order valence-corrected chi connectivity index (χ2v) is 16.4. The summed E-state index contributed by atoms with van der Waals surface area (Å²) < 4.78 is 0. The molecule has 0 bridgehead atoms. The van der Waals surface area contributed by atoms with E-state index in [1.807, 2.05) is 0 Å². The third kappa shape index (κ3) is 11.6. The Balaban J connectivity index is 1.01. The highest BCUT2D eigenvalue weighted by Crippen LogP contribution is 2.35. The normalized spacial score (nSPS) is 11.7. The first-order valence-electron chi connectivity index (χ1n) is 22.3. The molecule has 0 aliphatic rings. The summed E-state index contributed by atoms with van der Waals surface area (Å²) in [5.74, 6) is 0. The molecule has 0 atom stereocenters. The molecule has 0 spiro atoms. The van der Waals surface area contributed by atoms with E-state index in [-0.39, 0.29) is 0 Å². The van der Waals surface area contributed by atoms with E-state index in [4.69, 9.17) is 0 Å². The van der Waals surface area contributed by atoms with Crippen molar-refractivity contribution in [2.45, 2.75) is 155 Å². The van der Waals surface area contributed by atoms with Gasteiger partial charge in [-0.3, -0.25) is 0 Å². The number of fused-ring (bicyclic) bond motifs is 5.